The van der Waals surface area contributed by atoms with Crippen LogP contribution in [0, 0.1) is 0 Å². The third-order valence-electron chi connectivity index (χ3n) is 5.04. The molecule has 0 aliphatic carbocycles. The van der Waals surface area contributed by atoms with E-state index in [2.05, 4.69) is 12.2 Å². The predicted molar refractivity (Wildman–Crippen MR) is 112 cm³/mol. The maximum Gasteiger partial charge on any atom is 0.255 e. The number of rotatable bonds is 16. The Balaban J connectivity index is 1.89. The quantitative estimate of drug-likeness (QED) is 0.233. The van der Waals surface area contributed by atoms with Gasteiger partial charge in [-0.1, -0.05) is 90.4 Å². The van der Waals surface area contributed by atoms with Gasteiger partial charge in [0, 0.05) is 6.54 Å². The van der Waals surface area contributed by atoms with E-state index in [-0.39, 0.29) is 23.0 Å². The van der Waals surface area contributed by atoms with Crippen molar-refractivity contribution >= 4 is 5.91 Å². The van der Waals surface area contributed by atoms with E-state index in [9.17, 15) is 15.0 Å². The lowest BCUT2D eigenvalue weighted by Crippen LogP contribution is -2.24. The lowest BCUT2D eigenvalue weighted by atomic mass is 10.0. The molecule has 1 amide bonds. The lowest BCUT2D eigenvalue weighted by molar-refractivity contribution is 0.0950. The Kier molecular flexibility index (Phi) is 13.3. The van der Waals surface area contributed by atoms with Gasteiger partial charge in [-0.2, -0.15) is 0 Å². The van der Waals surface area contributed by atoms with E-state index in [1.54, 1.807) is 0 Å². The van der Waals surface area contributed by atoms with Gasteiger partial charge in [0.25, 0.3) is 5.91 Å². The fraction of sp³-hybridized carbons (Fsp3) is 0.696. The number of hydrogen-bond donors (Lipinski definition) is 3. The summed E-state index contributed by atoms with van der Waals surface area (Å²) in [4.78, 5) is 12.0. The summed E-state index contributed by atoms with van der Waals surface area (Å²) in [7, 11) is 0. The first-order chi connectivity index (χ1) is 13.1. The van der Waals surface area contributed by atoms with Crippen LogP contribution >= 0.6 is 0 Å². The number of phenolic OH excluding ortho intramolecular Hbond substituents is 2. The van der Waals surface area contributed by atoms with E-state index in [1.165, 1.54) is 95.2 Å². The third kappa shape index (κ3) is 11.6. The second kappa shape index (κ2) is 15.4. The van der Waals surface area contributed by atoms with E-state index in [0.29, 0.717) is 6.54 Å². The molecule has 27 heavy (non-hydrogen) atoms. The predicted octanol–water partition coefficient (Wildman–Crippen LogP) is 6.31. The number of benzene rings is 1. The molecular weight excluding hydrogens is 338 g/mol. The first-order valence-electron chi connectivity index (χ1n) is 11.0. The van der Waals surface area contributed by atoms with Gasteiger partial charge in [0.15, 0.2) is 0 Å². The Labute approximate surface area is 165 Å². The number of phenols is 2. The molecule has 0 saturated heterocycles. The minimum Gasteiger partial charge on any atom is -0.508 e. The molecule has 1 aromatic carbocycles. The molecule has 0 heterocycles. The largest absolute Gasteiger partial charge is 0.508 e. The minimum absolute atomic E-state index is 0.0190. The molecule has 0 spiro atoms. The molecule has 3 N–H and O–H groups in total. The second-order valence-electron chi connectivity index (χ2n) is 7.55. The number of unbranched alkanes of at least 4 members (excludes halogenated alkanes) is 13. The molecule has 0 atom stereocenters. The highest BCUT2D eigenvalue weighted by molar-refractivity contribution is 5.97. The zero-order chi connectivity index (χ0) is 19.7. The number of nitrogens with one attached hydrogen (secondary N) is 1. The van der Waals surface area contributed by atoms with Crippen LogP contribution in [0.25, 0.3) is 0 Å². The van der Waals surface area contributed by atoms with Gasteiger partial charge in [0.05, 0.1) is 5.56 Å². The van der Waals surface area contributed by atoms with Crippen LogP contribution < -0.4 is 5.32 Å². The molecule has 1 rings (SSSR count). The normalized spacial score (nSPS) is 10.9. The summed E-state index contributed by atoms with van der Waals surface area (Å²) in [6, 6.07) is 3.98. The standard InChI is InChI=1S/C23H39NO3/c1-2-3-4-5-6-7-8-9-10-11-12-13-14-15-18-24-23(27)21-19-20(25)16-17-22(21)26/h16-17,19,25-26H,2-15,18H2,1H3,(H,24,27). The van der Waals surface area contributed by atoms with Gasteiger partial charge < -0.3 is 15.5 Å². The highest BCUT2D eigenvalue weighted by Gasteiger charge is 2.11. The molecule has 0 bridgehead atoms. The van der Waals surface area contributed by atoms with Gasteiger partial charge in [-0.05, 0) is 24.6 Å². The number of hydrogen-bond acceptors (Lipinski definition) is 3. The van der Waals surface area contributed by atoms with Gasteiger partial charge in [-0.15, -0.1) is 0 Å². The molecule has 1 aromatic rings. The first kappa shape index (κ1) is 23.3. The monoisotopic (exact) mass is 377 g/mol. The van der Waals surface area contributed by atoms with Crippen LogP contribution in [0.2, 0.25) is 0 Å². The van der Waals surface area contributed by atoms with Crippen LogP contribution in [0.4, 0.5) is 0 Å². The molecule has 0 unspecified atom stereocenters. The molecule has 0 saturated carbocycles. The zero-order valence-corrected chi connectivity index (χ0v) is 17.1. The Morgan fingerprint density at radius 2 is 1.26 bits per heavy atom. The fourth-order valence-corrected chi connectivity index (χ4v) is 3.32. The highest BCUT2D eigenvalue weighted by Crippen LogP contribution is 2.21. The van der Waals surface area contributed by atoms with E-state index >= 15 is 0 Å². The van der Waals surface area contributed by atoms with Crippen molar-refractivity contribution in [2.24, 2.45) is 0 Å². The van der Waals surface area contributed by atoms with Crippen molar-refractivity contribution in [1.82, 2.24) is 5.32 Å². The Hall–Kier alpha value is -1.71. The third-order valence-corrected chi connectivity index (χ3v) is 5.04. The maximum absolute atomic E-state index is 12.0. The Morgan fingerprint density at radius 1 is 0.778 bits per heavy atom. The van der Waals surface area contributed by atoms with Crippen LogP contribution in [-0.4, -0.2) is 22.7 Å². The lowest BCUT2D eigenvalue weighted by Gasteiger charge is -2.07. The van der Waals surface area contributed by atoms with Crippen molar-refractivity contribution in [1.29, 1.82) is 0 Å². The summed E-state index contributed by atoms with van der Waals surface area (Å²) in [5.74, 6) is -0.459. The minimum atomic E-state index is -0.335. The molecule has 4 nitrogen and oxygen atoms in total. The summed E-state index contributed by atoms with van der Waals surface area (Å²) in [6.45, 7) is 2.87. The van der Waals surface area contributed by atoms with Crippen molar-refractivity contribution in [3.05, 3.63) is 23.8 Å². The average molecular weight is 378 g/mol. The molecule has 0 aliphatic rings. The van der Waals surface area contributed by atoms with Crippen LogP contribution in [0.15, 0.2) is 18.2 Å². The van der Waals surface area contributed by atoms with Gasteiger partial charge in [0.2, 0.25) is 0 Å². The summed E-state index contributed by atoms with van der Waals surface area (Å²) in [6.07, 6.45) is 18.3. The molecule has 4 heteroatoms. The second-order valence-corrected chi connectivity index (χ2v) is 7.55. The number of aromatic hydroxyl groups is 2. The van der Waals surface area contributed by atoms with Gasteiger partial charge >= 0.3 is 0 Å². The molecule has 154 valence electrons. The molecular formula is C23H39NO3. The average Bonchev–Trinajstić information content (AvgIpc) is 2.66. The van der Waals surface area contributed by atoms with E-state index in [0.717, 1.165) is 12.8 Å². The summed E-state index contributed by atoms with van der Waals surface area (Å²) >= 11 is 0. The molecule has 0 aliphatic heterocycles. The fourth-order valence-electron chi connectivity index (χ4n) is 3.32. The summed E-state index contributed by atoms with van der Waals surface area (Å²) in [5.41, 5.74) is 0.125. The van der Waals surface area contributed by atoms with Crippen LogP contribution in [0.3, 0.4) is 0 Å². The molecule has 0 radical (unpaired) electrons. The molecule has 0 aromatic heterocycles. The number of carbonyl (C=O) groups excluding carboxylic acids is 1. The van der Waals surface area contributed by atoms with Crippen molar-refractivity contribution in [2.75, 3.05) is 6.54 Å². The highest BCUT2D eigenvalue weighted by atomic mass is 16.3. The Morgan fingerprint density at radius 3 is 1.78 bits per heavy atom. The SMILES string of the molecule is CCCCCCCCCCCCCCCCNC(=O)c1cc(O)ccc1O. The van der Waals surface area contributed by atoms with E-state index < -0.39 is 0 Å². The summed E-state index contributed by atoms with van der Waals surface area (Å²) in [5, 5.41) is 21.9. The smallest absolute Gasteiger partial charge is 0.255 e. The number of amides is 1. The van der Waals surface area contributed by atoms with E-state index in [4.69, 9.17) is 0 Å². The van der Waals surface area contributed by atoms with Gasteiger partial charge in [-0.3, -0.25) is 4.79 Å². The van der Waals surface area contributed by atoms with Crippen LogP contribution in [0.5, 0.6) is 11.5 Å². The maximum atomic E-state index is 12.0. The molecule has 0 fully saturated rings. The van der Waals surface area contributed by atoms with Gasteiger partial charge in [0.1, 0.15) is 11.5 Å². The first-order valence-corrected chi connectivity index (χ1v) is 11.0. The summed E-state index contributed by atoms with van der Waals surface area (Å²) < 4.78 is 0. The van der Waals surface area contributed by atoms with Crippen molar-refractivity contribution in [2.45, 2.75) is 96.8 Å². The van der Waals surface area contributed by atoms with Crippen LogP contribution in [-0.2, 0) is 0 Å². The van der Waals surface area contributed by atoms with E-state index in [1.807, 2.05) is 0 Å². The Bertz CT molecular complexity index is 516. The van der Waals surface area contributed by atoms with Gasteiger partial charge in [-0.25, -0.2) is 0 Å². The number of carbonyl (C=O) groups is 1. The van der Waals surface area contributed by atoms with Crippen molar-refractivity contribution in [3.8, 4) is 11.5 Å². The zero-order valence-electron chi connectivity index (χ0n) is 17.1. The van der Waals surface area contributed by atoms with Crippen LogP contribution in [0.1, 0.15) is 107 Å². The van der Waals surface area contributed by atoms with Crippen molar-refractivity contribution < 1.29 is 15.0 Å². The topological polar surface area (TPSA) is 69.6 Å². The van der Waals surface area contributed by atoms with Crippen molar-refractivity contribution in [3.63, 3.8) is 0 Å².